The molecule has 0 atom stereocenters. The van der Waals surface area contributed by atoms with E-state index in [2.05, 4.69) is 15.7 Å². The van der Waals surface area contributed by atoms with Crippen molar-refractivity contribution in [3.63, 3.8) is 0 Å². The molecule has 1 heterocycles. The van der Waals surface area contributed by atoms with Crippen molar-refractivity contribution in [2.24, 2.45) is 7.05 Å². The van der Waals surface area contributed by atoms with Crippen LogP contribution in [0.5, 0.6) is 0 Å². The summed E-state index contributed by atoms with van der Waals surface area (Å²) in [7, 11) is 1.90. The Morgan fingerprint density at radius 2 is 2.00 bits per heavy atom. The summed E-state index contributed by atoms with van der Waals surface area (Å²) in [5.74, 6) is 0. The topological polar surface area (TPSA) is 68.2 Å². The highest BCUT2D eigenvalue weighted by atomic mass is 16.6. The zero-order valence-electron chi connectivity index (χ0n) is 13.4. The van der Waals surface area contributed by atoms with E-state index in [-0.39, 0.29) is 0 Å². The van der Waals surface area contributed by atoms with Crippen molar-refractivity contribution >= 4 is 17.5 Å². The normalized spacial score (nSPS) is 11.1. The summed E-state index contributed by atoms with van der Waals surface area (Å²) < 4.78 is 7.05. The van der Waals surface area contributed by atoms with E-state index >= 15 is 0 Å². The predicted octanol–water partition coefficient (Wildman–Crippen LogP) is 3.38. The maximum absolute atomic E-state index is 11.8. The number of aromatic nitrogens is 2. The molecular formula is C16H22N4O2. The Hall–Kier alpha value is -2.50. The van der Waals surface area contributed by atoms with Crippen LogP contribution in [-0.4, -0.2) is 21.5 Å². The Morgan fingerprint density at radius 3 is 2.64 bits per heavy atom. The first-order chi connectivity index (χ1) is 10.3. The number of carbonyl (C=O) groups is 1. The van der Waals surface area contributed by atoms with Gasteiger partial charge in [0.25, 0.3) is 0 Å². The third-order valence-electron chi connectivity index (χ3n) is 2.90. The van der Waals surface area contributed by atoms with Crippen LogP contribution in [0.25, 0.3) is 0 Å². The fourth-order valence-corrected chi connectivity index (χ4v) is 1.90. The number of rotatable bonds is 4. The Labute approximate surface area is 130 Å². The number of aryl methyl sites for hydroxylation is 1. The molecule has 0 fully saturated rings. The molecule has 0 aliphatic heterocycles. The van der Waals surface area contributed by atoms with Crippen LogP contribution in [0, 0.1) is 0 Å². The van der Waals surface area contributed by atoms with E-state index in [9.17, 15) is 4.79 Å². The molecule has 0 radical (unpaired) electrons. The van der Waals surface area contributed by atoms with Crippen molar-refractivity contribution in [2.45, 2.75) is 32.9 Å². The highest BCUT2D eigenvalue weighted by Gasteiger charge is 2.16. The minimum atomic E-state index is -0.514. The quantitative estimate of drug-likeness (QED) is 0.908. The molecule has 6 heteroatoms. The van der Waals surface area contributed by atoms with Gasteiger partial charge in [-0.1, -0.05) is 6.07 Å². The van der Waals surface area contributed by atoms with E-state index < -0.39 is 11.7 Å². The second-order valence-corrected chi connectivity index (χ2v) is 6.01. The van der Waals surface area contributed by atoms with Gasteiger partial charge in [0, 0.05) is 24.6 Å². The van der Waals surface area contributed by atoms with Crippen molar-refractivity contribution in [1.29, 1.82) is 0 Å². The highest BCUT2D eigenvalue weighted by Crippen LogP contribution is 2.17. The molecule has 0 unspecified atom stereocenters. The molecule has 0 aliphatic rings. The smallest absolute Gasteiger partial charge is 0.412 e. The number of carbonyl (C=O) groups excluding carboxylic acids is 1. The Kier molecular flexibility index (Phi) is 4.70. The lowest BCUT2D eigenvalue weighted by Crippen LogP contribution is -2.27. The van der Waals surface area contributed by atoms with Crippen LogP contribution in [0.15, 0.2) is 36.5 Å². The third kappa shape index (κ3) is 4.80. The zero-order chi connectivity index (χ0) is 16.2. The summed E-state index contributed by atoms with van der Waals surface area (Å²) in [5.41, 5.74) is 2.16. The molecule has 22 heavy (non-hydrogen) atoms. The summed E-state index contributed by atoms with van der Waals surface area (Å²) in [6, 6.07) is 9.45. The molecular weight excluding hydrogens is 280 g/mol. The molecule has 0 aliphatic carbocycles. The molecule has 2 aromatic rings. The molecule has 2 rings (SSSR count). The summed E-state index contributed by atoms with van der Waals surface area (Å²) in [5, 5.41) is 10.1. The van der Waals surface area contributed by atoms with Crippen molar-refractivity contribution in [2.75, 3.05) is 10.6 Å². The van der Waals surface area contributed by atoms with Crippen molar-refractivity contribution in [3.05, 3.63) is 42.2 Å². The lowest BCUT2D eigenvalue weighted by atomic mass is 10.2. The lowest BCUT2D eigenvalue weighted by Gasteiger charge is -2.19. The maximum Gasteiger partial charge on any atom is 0.412 e. The molecule has 118 valence electrons. The summed E-state index contributed by atoms with van der Waals surface area (Å²) in [6.45, 7) is 6.15. The molecule has 2 N–H and O–H groups in total. The van der Waals surface area contributed by atoms with Gasteiger partial charge in [-0.05, 0) is 45.0 Å². The molecule has 0 saturated heterocycles. The number of nitrogens with zero attached hydrogens (tertiary/aromatic N) is 2. The van der Waals surface area contributed by atoms with Crippen LogP contribution < -0.4 is 10.6 Å². The van der Waals surface area contributed by atoms with Crippen molar-refractivity contribution < 1.29 is 9.53 Å². The van der Waals surface area contributed by atoms with Crippen LogP contribution in [0.1, 0.15) is 26.5 Å². The van der Waals surface area contributed by atoms with Crippen LogP contribution in [0.3, 0.4) is 0 Å². The number of amides is 1. The van der Waals surface area contributed by atoms with Gasteiger partial charge in [0.15, 0.2) is 0 Å². The molecule has 1 aromatic carbocycles. The Morgan fingerprint density at radius 1 is 1.27 bits per heavy atom. The fourth-order valence-electron chi connectivity index (χ4n) is 1.90. The van der Waals surface area contributed by atoms with Gasteiger partial charge in [-0.15, -0.1) is 0 Å². The second-order valence-electron chi connectivity index (χ2n) is 6.01. The molecule has 0 spiro atoms. The van der Waals surface area contributed by atoms with Crippen molar-refractivity contribution in [1.82, 2.24) is 9.78 Å². The molecule has 1 aromatic heterocycles. The largest absolute Gasteiger partial charge is 0.444 e. The van der Waals surface area contributed by atoms with Gasteiger partial charge in [-0.25, -0.2) is 4.79 Å². The lowest BCUT2D eigenvalue weighted by molar-refractivity contribution is 0.0636. The maximum atomic E-state index is 11.8. The average molecular weight is 302 g/mol. The van der Waals surface area contributed by atoms with Gasteiger partial charge in [-0.2, -0.15) is 5.10 Å². The molecule has 6 nitrogen and oxygen atoms in total. The van der Waals surface area contributed by atoms with Crippen molar-refractivity contribution in [3.8, 4) is 0 Å². The Bertz CT molecular complexity index is 644. The average Bonchev–Trinajstić information content (AvgIpc) is 2.80. The van der Waals surface area contributed by atoms with Gasteiger partial charge < -0.3 is 10.1 Å². The van der Waals surface area contributed by atoms with E-state index in [1.165, 1.54) is 0 Å². The summed E-state index contributed by atoms with van der Waals surface area (Å²) in [4.78, 5) is 11.8. The van der Waals surface area contributed by atoms with E-state index in [0.717, 1.165) is 11.4 Å². The van der Waals surface area contributed by atoms with Crippen LogP contribution >= 0.6 is 0 Å². The van der Waals surface area contributed by atoms with E-state index in [1.54, 1.807) is 6.20 Å². The summed E-state index contributed by atoms with van der Waals surface area (Å²) >= 11 is 0. The van der Waals surface area contributed by atoms with E-state index in [0.29, 0.717) is 12.2 Å². The molecule has 0 saturated carbocycles. The second kappa shape index (κ2) is 6.51. The van der Waals surface area contributed by atoms with Gasteiger partial charge >= 0.3 is 6.09 Å². The third-order valence-corrected chi connectivity index (χ3v) is 2.90. The number of anilines is 2. The highest BCUT2D eigenvalue weighted by molar-refractivity contribution is 5.85. The number of hydrogen-bond acceptors (Lipinski definition) is 4. The first-order valence-corrected chi connectivity index (χ1v) is 7.14. The van der Waals surface area contributed by atoms with Gasteiger partial charge in [0.05, 0.1) is 12.2 Å². The first-order valence-electron chi connectivity index (χ1n) is 7.14. The monoisotopic (exact) mass is 302 g/mol. The van der Waals surface area contributed by atoms with Crippen LogP contribution in [0.2, 0.25) is 0 Å². The van der Waals surface area contributed by atoms with Crippen LogP contribution in [0.4, 0.5) is 16.2 Å². The van der Waals surface area contributed by atoms with Gasteiger partial charge in [-0.3, -0.25) is 10.00 Å². The standard InChI is InChI=1S/C16H22N4O2/c1-16(2,3)22-15(21)19-13-7-5-6-12(10-13)17-11-14-8-9-18-20(14)4/h5-10,17H,11H2,1-4H3,(H,19,21). The number of hydrogen-bond donors (Lipinski definition) is 2. The van der Waals surface area contributed by atoms with Gasteiger partial charge in [0.2, 0.25) is 0 Å². The minimum absolute atomic E-state index is 0.462. The minimum Gasteiger partial charge on any atom is -0.444 e. The van der Waals surface area contributed by atoms with Crippen LogP contribution in [-0.2, 0) is 18.3 Å². The predicted molar refractivity (Wildman–Crippen MR) is 86.8 cm³/mol. The summed E-state index contributed by atoms with van der Waals surface area (Å²) in [6.07, 6.45) is 1.30. The van der Waals surface area contributed by atoms with E-state index in [4.69, 9.17) is 4.74 Å². The molecule has 0 bridgehead atoms. The zero-order valence-corrected chi connectivity index (χ0v) is 13.4. The number of benzene rings is 1. The number of nitrogens with one attached hydrogen (secondary N) is 2. The number of ether oxygens (including phenoxy) is 1. The SMILES string of the molecule is Cn1nccc1CNc1cccc(NC(=O)OC(C)(C)C)c1. The first kappa shape index (κ1) is 15.9. The van der Waals surface area contributed by atoms with E-state index in [1.807, 2.05) is 62.8 Å². The fraction of sp³-hybridized carbons (Fsp3) is 0.375. The Balaban J connectivity index is 1.95. The molecule has 1 amide bonds. The van der Waals surface area contributed by atoms with Gasteiger partial charge in [0.1, 0.15) is 5.60 Å².